The van der Waals surface area contributed by atoms with E-state index in [2.05, 4.69) is 43.6 Å². The number of anilines is 1. The predicted octanol–water partition coefficient (Wildman–Crippen LogP) is 4.94. The highest BCUT2D eigenvalue weighted by molar-refractivity contribution is 5.96. The summed E-state index contributed by atoms with van der Waals surface area (Å²) in [6.07, 6.45) is 0. The largest absolute Gasteiger partial charge is 0.452 e. The summed E-state index contributed by atoms with van der Waals surface area (Å²) in [4.78, 5) is 36.6. The standard InChI is InChI=1S/C26H35N3O4/c1-16(2)21-8-7-9-22(17(3)4)24(21)29-23(30)15-33-25(31)20-12-10-19(11-13-20)14-27-26(32)28-18(5)6/h7-13,16-18H,14-15H2,1-6H3,(H,29,30)(H2,27,28,32). The molecule has 0 saturated heterocycles. The summed E-state index contributed by atoms with van der Waals surface area (Å²) in [6.45, 7) is 12.0. The first-order valence-electron chi connectivity index (χ1n) is 11.3. The molecular weight excluding hydrogens is 418 g/mol. The molecule has 0 bridgehead atoms. The van der Waals surface area contributed by atoms with Crippen molar-refractivity contribution in [3.63, 3.8) is 0 Å². The van der Waals surface area contributed by atoms with Crippen LogP contribution < -0.4 is 16.0 Å². The molecule has 0 aliphatic carbocycles. The first-order valence-corrected chi connectivity index (χ1v) is 11.3. The third-order valence-electron chi connectivity index (χ3n) is 5.03. The zero-order chi connectivity index (χ0) is 24.5. The van der Waals surface area contributed by atoms with Gasteiger partial charge in [-0.3, -0.25) is 4.79 Å². The zero-order valence-electron chi connectivity index (χ0n) is 20.3. The van der Waals surface area contributed by atoms with Gasteiger partial charge < -0.3 is 20.7 Å². The van der Waals surface area contributed by atoms with Crippen molar-refractivity contribution in [3.8, 4) is 0 Å². The second kappa shape index (κ2) is 12.0. The molecule has 2 rings (SSSR count). The third-order valence-corrected chi connectivity index (χ3v) is 5.03. The molecular formula is C26H35N3O4. The van der Waals surface area contributed by atoms with Crippen molar-refractivity contribution in [3.05, 3.63) is 64.7 Å². The highest BCUT2D eigenvalue weighted by Gasteiger charge is 2.17. The van der Waals surface area contributed by atoms with E-state index in [1.165, 1.54) is 0 Å². The molecule has 0 aliphatic rings. The number of rotatable bonds is 9. The van der Waals surface area contributed by atoms with Crippen LogP contribution in [0.5, 0.6) is 0 Å². The maximum absolute atomic E-state index is 12.5. The lowest BCUT2D eigenvalue weighted by Crippen LogP contribution is -2.39. The molecule has 3 amide bonds. The van der Waals surface area contributed by atoms with Crippen molar-refractivity contribution in [2.75, 3.05) is 11.9 Å². The van der Waals surface area contributed by atoms with E-state index in [1.54, 1.807) is 24.3 Å². The van der Waals surface area contributed by atoms with E-state index < -0.39 is 5.97 Å². The van der Waals surface area contributed by atoms with Gasteiger partial charge in [0, 0.05) is 18.3 Å². The molecule has 7 heteroatoms. The van der Waals surface area contributed by atoms with Crippen LogP contribution in [0.1, 0.15) is 80.4 Å². The van der Waals surface area contributed by atoms with Crippen LogP contribution in [-0.2, 0) is 16.1 Å². The molecule has 7 nitrogen and oxygen atoms in total. The van der Waals surface area contributed by atoms with Gasteiger partial charge in [-0.05, 0) is 54.5 Å². The SMILES string of the molecule is CC(C)NC(=O)NCc1ccc(C(=O)OCC(=O)Nc2c(C(C)C)cccc2C(C)C)cc1. The second-order valence-electron chi connectivity index (χ2n) is 8.92. The maximum Gasteiger partial charge on any atom is 0.338 e. The van der Waals surface area contributed by atoms with E-state index in [0.717, 1.165) is 22.4 Å². The maximum atomic E-state index is 12.5. The number of esters is 1. The first kappa shape index (κ1) is 25.9. The van der Waals surface area contributed by atoms with Gasteiger partial charge in [-0.2, -0.15) is 0 Å². The van der Waals surface area contributed by atoms with Gasteiger partial charge in [-0.1, -0.05) is 58.0 Å². The van der Waals surface area contributed by atoms with Gasteiger partial charge in [0.2, 0.25) is 0 Å². The quantitative estimate of drug-likeness (QED) is 0.469. The molecule has 2 aromatic carbocycles. The Balaban J connectivity index is 1.93. The Morgan fingerprint density at radius 3 is 1.94 bits per heavy atom. The Labute approximate surface area is 196 Å². The van der Waals surface area contributed by atoms with Crippen LogP contribution >= 0.6 is 0 Å². The Kier molecular flexibility index (Phi) is 9.45. The number of carbonyl (C=O) groups is 3. The predicted molar refractivity (Wildman–Crippen MR) is 130 cm³/mol. The minimum absolute atomic E-state index is 0.0511. The lowest BCUT2D eigenvalue weighted by Gasteiger charge is -2.20. The summed E-state index contributed by atoms with van der Waals surface area (Å²) in [5.74, 6) is -0.476. The summed E-state index contributed by atoms with van der Waals surface area (Å²) in [6, 6.07) is 12.5. The van der Waals surface area contributed by atoms with Gasteiger partial charge in [0.05, 0.1) is 5.56 Å². The first-order chi connectivity index (χ1) is 15.6. The van der Waals surface area contributed by atoms with Crippen LogP contribution in [0.3, 0.4) is 0 Å². The average Bonchev–Trinajstić information content (AvgIpc) is 2.75. The number of carbonyl (C=O) groups excluding carboxylic acids is 3. The molecule has 0 radical (unpaired) electrons. The molecule has 0 heterocycles. The van der Waals surface area contributed by atoms with E-state index in [0.29, 0.717) is 12.1 Å². The molecule has 0 fully saturated rings. The Bertz CT molecular complexity index is 940. The number of amides is 3. The number of hydrogen-bond donors (Lipinski definition) is 3. The minimum Gasteiger partial charge on any atom is -0.452 e. The molecule has 0 unspecified atom stereocenters. The topological polar surface area (TPSA) is 96.5 Å². The lowest BCUT2D eigenvalue weighted by atomic mass is 9.92. The van der Waals surface area contributed by atoms with Crippen molar-refractivity contribution in [2.45, 2.75) is 66.0 Å². The van der Waals surface area contributed by atoms with E-state index in [1.807, 2.05) is 32.0 Å². The monoisotopic (exact) mass is 453 g/mol. The van der Waals surface area contributed by atoms with Crippen molar-refractivity contribution in [1.29, 1.82) is 0 Å². The van der Waals surface area contributed by atoms with Gasteiger partial charge in [0.1, 0.15) is 0 Å². The van der Waals surface area contributed by atoms with Crippen LogP contribution in [-0.4, -0.2) is 30.6 Å². The number of benzene rings is 2. The minimum atomic E-state index is -0.580. The molecule has 2 aromatic rings. The fourth-order valence-corrected chi connectivity index (χ4v) is 3.34. The summed E-state index contributed by atoms with van der Waals surface area (Å²) >= 11 is 0. The van der Waals surface area contributed by atoms with Gasteiger partial charge in [-0.25, -0.2) is 9.59 Å². The van der Waals surface area contributed by atoms with Crippen LogP contribution in [0, 0.1) is 0 Å². The Morgan fingerprint density at radius 1 is 0.848 bits per heavy atom. The summed E-state index contributed by atoms with van der Waals surface area (Å²) in [5, 5.41) is 8.43. The molecule has 0 aromatic heterocycles. The molecule has 0 saturated carbocycles. The van der Waals surface area contributed by atoms with Gasteiger partial charge in [0.15, 0.2) is 6.61 Å². The highest BCUT2D eigenvalue weighted by Crippen LogP contribution is 2.32. The van der Waals surface area contributed by atoms with Gasteiger partial charge in [-0.15, -0.1) is 0 Å². The van der Waals surface area contributed by atoms with Crippen LogP contribution in [0.25, 0.3) is 0 Å². The smallest absolute Gasteiger partial charge is 0.338 e. The van der Waals surface area contributed by atoms with E-state index in [9.17, 15) is 14.4 Å². The summed E-state index contributed by atoms with van der Waals surface area (Å²) < 4.78 is 5.21. The van der Waals surface area contributed by atoms with E-state index >= 15 is 0 Å². The van der Waals surface area contributed by atoms with Gasteiger partial charge in [0.25, 0.3) is 5.91 Å². The summed E-state index contributed by atoms with van der Waals surface area (Å²) in [5.41, 5.74) is 4.07. The molecule has 178 valence electrons. The number of nitrogens with one attached hydrogen (secondary N) is 3. The Morgan fingerprint density at radius 2 is 1.42 bits per heavy atom. The normalized spacial score (nSPS) is 10.9. The lowest BCUT2D eigenvalue weighted by molar-refractivity contribution is -0.119. The molecule has 3 N–H and O–H groups in total. The molecule has 0 aliphatic heterocycles. The second-order valence-corrected chi connectivity index (χ2v) is 8.92. The molecule has 33 heavy (non-hydrogen) atoms. The average molecular weight is 454 g/mol. The zero-order valence-corrected chi connectivity index (χ0v) is 20.3. The number of hydrogen-bond acceptors (Lipinski definition) is 4. The third kappa shape index (κ3) is 7.93. The molecule has 0 spiro atoms. The van der Waals surface area contributed by atoms with Crippen molar-refractivity contribution in [2.24, 2.45) is 0 Å². The van der Waals surface area contributed by atoms with Crippen LogP contribution in [0.2, 0.25) is 0 Å². The summed E-state index contributed by atoms with van der Waals surface area (Å²) in [7, 11) is 0. The fourth-order valence-electron chi connectivity index (χ4n) is 3.34. The van der Waals surface area contributed by atoms with Crippen molar-refractivity contribution < 1.29 is 19.1 Å². The van der Waals surface area contributed by atoms with Crippen molar-refractivity contribution in [1.82, 2.24) is 10.6 Å². The van der Waals surface area contributed by atoms with Crippen molar-refractivity contribution >= 4 is 23.6 Å². The Hall–Kier alpha value is -3.35. The van der Waals surface area contributed by atoms with E-state index in [4.69, 9.17) is 4.74 Å². The van der Waals surface area contributed by atoms with E-state index in [-0.39, 0.29) is 36.4 Å². The van der Waals surface area contributed by atoms with Gasteiger partial charge >= 0.3 is 12.0 Å². The fraction of sp³-hybridized carbons (Fsp3) is 0.423. The van der Waals surface area contributed by atoms with Crippen LogP contribution in [0.4, 0.5) is 10.5 Å². The van der Waals surface area contributed by atoms with Crippen LogP contribution in [0.15, 0.2) is 42.5 Å². The number of urea groups is 1. The molecule has 0 atom stereocenters. The highest BCUT2D eigenvalue weighted by atomic mass is 16.5. The number of ether oxygens (including phenoxy) is 1. The number of para-hydroxylation sites is 1.